The summed E-state index contributed by atoms with van der Waals surface area (Å²) in [6.07, 6.45) is -0.386. The van der Waals surface area contributed by atoms with E-state index in [-0.39, 0.29) is 18.6 Å². The van der Waals surface area contributed by atoms with Crippen molar-refractivity contribution in [3.63, 3.8) is 0 Å². The molecule has 31 heavy (non-hydrogen) atoms. The Morgan fingerprint density at radius 2 is 1.23 bits per heavy atom. The molecule has 1 rings (SSSR count). The fourth-order valence-electron chi connectivity index (χ4n) is 2.66. The molecule has 0 aromatic heterocycles. The molecule has 182 valence electrons. The van der Waals surface area contributed by atoms with Gasteiger partial charge in [-0.2, -0.15) is 0 Å². The average molecular weight is 449 g/mol. The Bertz CT molecular complexity index is 478. The summed E-state index contributed by atoms with van der Waals surface area (Å²) in [5.41, 5.74) is -0.562. The van der Waals surface area contributed by atoms with Crippen LogP contribution in [0.2, 0.25) is 0 Å². The number of carbonyl (C=O) groups is 2. The van der Waals surface area contributed by atoms with Crippen LogP contribution in [0.4, 0.5) is 4.79 Å². The summed E-state index contributed by atoms with van der Waals surface area (Å²) in [6, 6.07) is 0. The van der Waals surface area contributed by atoms with Crippen molar-refractivity contribution < 1.29 is 38.0 Å². The lowest BCUT2D eigenvalue weighted by Crippen LogP contribution is -2.40. The summed E-state index contributed by atoms with van der Waals surface area (Å²) in [5, 5.41) is 0. The highest BCUT2D eigenvalue weighted by molar-refractivity contribution is 5.71. The number of carbonyl (C=O) groups excluding carboxylic acids is 2. The Hall–Kier alpha value is -1.46. The molecule has 1 heterocycles. The molecule has 0 aliphatic carbocycles. The summed E-state index contributed by atoms with van der Waals surface area (Å²) < 4.78 is 32.9. The molecule has 1 aliphatic heterocycles. The minimum absolute atomic E-state index is 0.202. The minimum Gasteiger partial charge on any atom is -0.465 e. The second kappa shape index (κ2) is 16.2. The summed E-state index contributed by atoms with van der Waals surface area (Å²) in [4.78, 5) is 27.7. The van der Waals surface area contributed by atoms with Crippen molar-refractivity contribution in [1.82, 2.24) is 9.80 Å². The molecule has 1 saturated heterocycles. The Labute approximate surface area is 186 Å². The van der Waals surface area contributed by atoms with E-state index in [1.165, 1.54) is 0 Å². The SMILES string of the molecule is CCOC(=O)CN1CCOCCOCCN(C(=O)OC(C)(C)C)CCOCCOCC1. The fraction of sp³-hybridized carbons (Fsp3) is 0.905. The standard InChI is InChI=1S/C21H40N2O8/c1-5-30-19(24)18-22-6-10-26-14-16-28-12-8-23(20(25)31-21(2,3)4)9-13-29-17-15-27-11-7-22/h5-18H2,1-4H3. The van der Waals surface area contributed by atoms with Gasteiger partial charge >= 0.3 is 12.1 Å². The Morgan fingerprint density at radius 1 is 0.774 bits per heavy atom. The molecule has 0 saturated carbocycles. The minimum atomic E-state index is -0.562. The van der Waals surface area contributed by atoms with E-state index in [2.05, 4.69) is 0 Å². The first-order chi connectivity index (χ1) is 14.8. The largest absolute Gasteiger partial charge is 0.465 e. The molecule has 0 aromatic rings. The van der Waals surface area contributed by atoms with Gasteiger partial charge in [-0.1, -0.05) is 0 Å². The molecule has 1 amide bonds. The molecule has 10 nitrogen and oxygen atoms in total. The van der Waals surface area contributed by atoms with Gasteiger partial charge in [0, 0.05) is 26.2 Å². The van der Waals surface area contributed by atoms with Gasteiger partial charge in [0.15, 0.2) is 0 Å². The van der Waals surface area contributed by atoms with E-state index in [9.17, 15) is 9.59 Å². The molecular weight excluding hydrogens is 408 g/mol. The van der Waals surface area contributed by atoms with Crippen LogP contribution >= 0.6 is 0 Å². The van der Waals surface area contributed by atoms with Crippen LogP contribution in [0.15, 0.2) is 0 Å². The van der Waals surface area contributed by atoms with E-state index < -0.39 is 5.60 Å². The van der Waals surface area contributed by atoms with Crippen molar-refractivity contribution in [1.29, 1.82) is 0 Å². The second-order valence-electron chi connectivity index (χ2n) is 8.00. The lowest BCUT2D eigenvalue weighted by molar-refractivity contribution is -0.144. The maximum absolute atomic E-state index is 12.4. The lowest BCUT2D eigenvalue weighted by atomic mass is 10.2. The second-order valence-corrected chi connectivity index (χ2v) is 8.00. The van der Waals surface area contributed by atoms with E-state index in [1.807, 2.05) is 25.7 Å². The normalized spacial score (nSPS) is 19.8. The summed E-state index contributed by atoms with van der Waals surface area (Å²) in [5.74, 6) is -0.258. The number of hydrogen-bond acceptors (Lipinski definition) is 9. The predicted molar refractivity (Wildman–Crippen MR) is 114 cm³/mol. The number of ether oxygens (including phenoxy) is 6. The third-order valence-corrected chi connectivity index (χ3v) is 4.17. The average Bonchev–Trinajstić information content (AvgIpc) is 2.68. The number of amides is 1. The molecule has 0 unspecified atom stereocenters. The number of rotatable bonds is 3. The lowest BCUT2D eigenvalue weighted by Gasteiger charge is -2.27. The third-order valence-electron chi connectivity index (χ3n) is 4.17. The smallest absolute Gasteiger partial charge is 0.410 e. The van der Waals surface area contributed by atoms with Crippen LogP contribution in [0.25, 0.3) is 0 Å². The summed E-state index contributed by atoms with van der Waals surface area (Å²) in [7, 11) is 0. The quantitative estimate of drug-likeness (QED) is 0.590. The van der Waals surface area contributed by atoms with Crippen molar-refractivity contribution in [3.05, 3.63) is 0 Å². The maximum atomic E-state index is 12.4. The first kappa shape index (κ1) is 27.6. The molecule has 0 aromatic carbocycles. The Kier molecular flexibility index (Phi) is 14.4. The number of hydrogen-bond donors (Lipinski definition) is 0. The van der Waals surface area contributed by atoms with Crippen LogP contribution in [-0.2, 0) is 33.2 Å². The maximum Gasteiger partial charge on any atom is 0.410 e. The molecule has 1 aliphatic rings. The first-order valence-corrected chi connectivity index (χ1v) is 11.0. The van der Waals surface area contributed by atoms with Crippen molar-refractivity contribution >= 4 is 12.1 Å². The van der Waals surface area contributed by atoms with Crippen LogP contribution in [0.5, 0.6) is 0 Å². The van der Waals surface area contributed by atoms with Crippen molar-refractivity contribution in [2.75, 3.05) is 92.2 Å². The summed E-state index contributed by atoms with van der Waals surface area (Å²) in [6.45, 7) is 13.2. The Morgan fingerprint density at radius 3 is 1.65 bits per heavy atom. The zero-order chi connectivity index (χ0) is 23.0. The van der Waals surface area contributed by atoms with Gasteiger partial charge < -0.3 is 33.3 Å². The van der Waals surface area contributed by atoms with E-state index in [1.54, 1.807) is 11.8 Å². The van der Waals surface area contributed by atoms with Gasteiger partial charge in [0.05, 0.1) is 66.0 Å². The number of esters is 1. The van der Waals surface area contributed by atoms with Gasteiger partial charge in [0.1, 0.15) is 5.60 Å². The highest BCUT2D eigenvalue weighted by atomic mass is 16.6. The zero-order valence-electron chi connectivity index (χ0n) is 19.6. The van der Waals surface area contributed by atoms with E-state index in [0.717, 1.165) is 0 Å². The van der Waals surface area contributed by atoms with Gasteiger partial charge in [0.25, 0.3) is 0 Å². The topological polar surface area (TPSA) is 96.0 Å². The highest BCUT2D eigenvalue weighted by Gasteiger charge is 2.22. The van der Waals surface area contributed by atoms with Crippen molar-refractivity contribution in [2.45, 2.75) is 33.3 Å². The van der Waals surface area contributed by atoms with Gasteiger partial charge in [-0.3, -0.25) is 9.69 Å². The van der Waals surface area contributed by atoms with E-state index in [0.29, 0.717) is 85.6 Å². The van der Waals surface area contributed by atoms with E-state index in [4.69, 9.17) is 28.4 Å². The van der Waals surface area contributed by atoms with Crippen LogP contribution in [0.1, 0.15) is 27.7 Å². The summed E-state index contributed by atoms with van der Waals surface area (Å²) >= 11 is 0. The van der Waals surface area contributed by atoms with Crippen LogP contribution < -0.4 is 0 Å². The van der Waals surface area contributed by atoms with Crippen LogP contribution in [0, 0.1) is 0 Å². The monoisotopic (exact) mass is 448 g/mol. The Balaban J connectivity index is 2.49. The molecule has 0 spiro atoms. The molecular formula is C21H40N2O8. The number of nitrogens with zero attached hydrogens (tertiary/aromatic N) is 2. The first-order valence-electron chi connectivity index (χ1n) is 11.0. The predicted octanol–water partition coefficient (Wildman–Crippen LogP) is 1.17. The molecule has 0 bridgehead atoms. The van der Waals surface area contributed by atoms with Crippen LogP contribution in [-0.4, -0.2) is 120 Å². The fourth-order valence-corrected chi connectivity index (χ4v) is 2.66. The van der Waals surface area contributed by atoms with Gasteiger partial charge in [-0.05, 0) is 27.7 Å². The van der Waals surface area contributed by atoms with Gasteiger partial charge in [0.2, 0.25) is 0 Å². The van der Waals surface area contributed by atoms with Crippen molar-refractivity contribution in [2.24, 2.45) is 0 Å². The van der Waals surface area contributed by atoms with Crippen LogP contribution in [0.3, 0.4) is 0 Å². The highest BCUT2D eigenvalue weighted by Crippen LogP contribution is 2.10. The zero-order valence-corrected chi connectivity index (χ0v) is 19.6. The van der Waals surface area contributed by atoms with E-state index >= 15 is 0 Å². The molecule has 0 radical (unpaired) electrons. The molecule has 10 heteroatoms. The molecule has 0 atom stereocenters. The third kappa shape index (κ3) is 15.1. The van der Waals surface area contributed by atoms with Gasteiger partial charge in [-0.25, -0.2) is 4.79 Å². The molecule has 0 N–H and O–H groups in total. The van der Waals surface area contributed by atoms with Gasteiger partial charge in [-0.15, -0.1) is 0 Å². The van der Waals surface area contributed by atoms with Crippen molar-refractivity contribution in [3.8, 4) is 0 Å². The molecule has 1 fully saturated rings.